The molecule has 0 unspecified atom stereocenters. The van der Waals surface area contributed by atoms with Crippen molar-refractivity contribution < 1.29 is 4.84 Å². The average molecular weight is 88.1 g/mol. The van der Waals surface area contributed by atoms with Crippen LogP contribution in [0.25, 0.3) is 0 Å². The molecule has 2 heteroatoms. The summed E-state index contributed by atoms with van der Waals surface area (Å²) in [6.45, 7) is 1.92. The Kier molecular flexibility index (Phi) is 1.47. The van der Waals surface area contributed by atoms with Gasteiger partial charge in [-0.05, 0) is 12.8 Å². The maximum Gasteiger partial charge on any atom is 0.0682 e. The maximum atomic E-state index is 4.82. The van der Waals surface area contributed by atoms with Crippen LogP contribution in [-0.2, 0) is 4.84 Å². The van der Waals surface area contributed by atoms with Crippen molar-refractivity contribution in [2.45, 2.75) is 12.8 Å². The van der Waals surface area contributed by atoms with Crippen molar-refractivity contribution in [3.05, 3.63) is 0 Å². The molecule has 6 heavy (non-hydrogen) atoms. The maximum absolute atomic E-state index is 4.82. The third-order valence-electron chi connectivity index (χ3n) is 0.877. The Hall–Kier alpha value is -0.0800. The molecule has 36 valence electrons. The molecule has 1 rings (SSSR count). The molecule has 1 heterocycles. The highest BCUT2D eigenvalue weighted by Crippen LogP contribution is 1.91. The van der Waals surface area contributed by atoms with Crippen molar-refractivity contribution in [1.82, 2.24) is 5.48 Å². The second-order valence-electron chi connectivity index (χ2n) is 1.45. The number of hydrogen-bond acceptors (Lipinski definition) is 2. The number of hydroxylamine groups is 1. The highest BCUT2D eigenvalue weighted by molar-refractivity contribution is 4.43. The Balaban J connectivity index is 2.00. The summed E-state index contributed by atoms with van der Waals surface area (Å²) in [6, 6.07) is 0. The fraction of sp³-hybridized carbons (Fsp3) is 1.00. The number of nitrogens with one attached hydrogen (secondary N) is 1. The minimum absolute atomic E-state index is 0.889. The van der Waals surface area contributed by atoms with Gasteiger partial charge in [-0.1, -0.05) is 0 Å². The van der Waals surface area contributed by atoms with E-state index in [0.717, 1.165) is 13.2 Å². The predicted octanol–water partition coefficient (Wildman–Crippen LogP) is 0.301. The molecule has 2 nitrogen and oxygen atoms in total. The highest BCUT2D eigenvalue weighted by atomic mass is 16.6. The first-order valence-corrected chi connectivity index (χ1v) is 2.35. The van der Waals surface area contributed by atoms with Gasteiger partial charge < -0.3 is 4.84 Å². The van der Waals surface area contributed by atoms with Crippen molar-refractivity contribution in [1.29, 1.82) is 0 Å². The van der Waals surface area contributed by atoms with Crippen LogP contribution in [-0.4, -0.2) is 13.2 Å². The lowest BCUT2D eigenvalue weighted by molar-refractivity contribution is 0.0128. The van der Waals surface area contributed by atoms with Crippen LogP contribution in [0.15, 0.2) is 0 Å². The third kappa shape index (κ3) is 0.954. The standard InChI is InChI=1S/C4H9NO/c1-2-4-6-5-3-1/h5H,1-4H2/i2+1. The molecule has 0 amide bonds. The second kappa shape index (κ2) is 2.16. The first-order chi connectivity index (χ1) is 3.00. The SMILES string of the molecule is C1CNOC[13CH2]1. The number of hydrogen-bond donors (Lipinski definition) is 1. The molecule has 1 saturated heterocycles. The van der Waals surface area contributed by atoms with Gasteiger partial charge in [0.05, 0.1) is 6.61 Å². The molecule has 1 aliphatic rings. The van der Waals surface area contributed by atoms with E-state index in [2.05, 4.69) is 5.48 Å². The van der Waals surface area contributed by atoms with Gasteiger partial charge in [-0.3, -0.25) is 0 Å². The van der Waals surface area contributed by atoms with Gasteiger partial charge >= 0.3 is 0 Å². The summed E-state index contributed by atoms with van der Waals surface area (Å²) in [5.74, 6) is 0. The summed E-state index contributed by atoms with van der Waals surface area (Å²) < 4.78 is 0. The Bertz CT molecular complexity index is 23.0. The molecule has 0 aliphatic carbocycles. The molecule has 0 spiro atoms. The van der Waals surface area contributed by atoms with Crippen LogP contribution >= 0.6 is 0 Å². The van der Waals surface area contributed by atoms with Crippen molar-refractivity contribution >= 4 is 0 Å². The van der Waals surface area contributed by atoms with Crippen LogP contribution in [0.2, 0.25) is 0 Å². The van der Waals surface area contributed by atoms with E-state index in [1.807, 2.05) is 0 Å². The summed E-state index contributed by atoms with van der Waals surface area (Å²) in [6.07, 6.45) is 2.48. The Morgan fingerprint density at radius 2 is 2.33 bits per heavy atom. The van der Waals surface area contributed by atoms with Crippen molar-refractivity contribution in [3.8, 4) is 0 Å². The molecule has 1 aliphatic heterocycles. The van der Waals surface area contributed by atoms with Crippen LogP contribution in [0, 0.1) is 0 Å². The van der Waals surface area contributed by atoms with Gasteiger partial charge in [0.2, 0.25) is 0 Å². The largest absolute Gasteiger partial charge is 0.302 e. The van der Waals surface area contributed by atoms with Crippen molar-refractivity contribution in [2.24, 2.45) is 0 Å². The Morgan fingerprint density at radius 1 is 1.33 bits per heavy atom. The van der Waals surface area contributed by atoms with Gasteiger partial charge in [0.1, 0.15) is 0 Å². The summed E-state index contributed by atoms with van der Waals surface area (Å²) in [5.41, 5.74) is 2.78. The fourth-order valence-electron chi connectivity index (χ4n) is 0.516. The predicted molar refractivity (Wildman–Crippen MR) is 23.2 cm³/mol. The molecule has 0 aromatic rings. The number of rotatable bonds is 0. The molecular weight excluding hydrogens is 79.0 g/mol. The minimum Gasteiger partial charge on any atom is -0.302 e. The Morgan fingerprint density at radius 3 is 2.50 bits per heavy atom. The molecule has 1 fully saturated rings. The van der Waals surface area contributed by atoms with E-state index in [9.17, 15) is 0 Å². The first kappa shape index (κ1) is 4.09. The second-order valence-corrected chi connectivity index (χ2v) is 1.45. The minimum atomic E-state index is 0.889. The molecule has 0 radical (unpaired) electrons. The molecule has 0 aromatic carbocycles. The highest BCUT2D eigenvalue weighted by Gasteiger charge is 1.93. The van der Waals surface area contributed by atoms with Gasteiger partial charge in [-0.2, -0.15) is 0 Å². The first-order valence-electron chi connectivity index (χ1n) is 2.35. The zero-order chi connectivity index (χ0) is 4.24. The zero-order valence-electron chi connectivity index (χ0n) is 3.74. The monoisotopic (exact) mass is 88.1 g/mol. The summed E-state index contributed by atoms with van der Waals surface area (Å²) in [4.78, 5) is 4.82. The summed E-state index contributed by atoms with van der Waals surface area (Å²) >= 11 is 0. The molecule has 0 atom stereocenters. The molecule has 1 N–H and O–H groups in total. The lowest BCUT2D eigenvalue weighted by Gasteiger charge is -2.09. The normalized spacial score (nSPS) is 24.0. The molecule has 0 bridgehead atoms. The lowest BCUT2D eigenvalue weighted by Crippen LogP contribution is -2.22. The fourth-order valence-corrected chi connectivity index (χ4v) is 0.516. The van der Waals surface area contributed by atoms with Crippen LogP contribution < -0.4 is 5.48 Å². The lowest BCUT2D eigenvalue weighted by atomic mass is 10.5. The van der Waals surface area contributed by atoms with Gasteiger partial charge in [0.25, 0.3) is 0 Å². The van der Waals surface area contributed by atoms with E-state index in [1.165, 1.54) is 12.8 Å². The third-order valence-corrected chi connectivity index (χ3v) is 0.877. The van der Waals surface area contributed by atoms with E-state index >= 15 is 0 Å². The van der Waals surface area contributed by atoms with Crippen LogP contribution in [0.4, 0.5) is 0 Å². The van der Waals surface area contributed by atoms with Gasteiger partial charge in [-0.25, -0.2) is 5.48 Å². The van der Waals surface area contributed by atoms with Crippen LogP contribution in [0.3, 0.4) is 0 Å². The topological polar surface area (TPSA) is 21.3 Å². The van der Waals surface area contributed by atoms with Crippen molar-refractivity contribution in [3.63, 3.8) is 0 Å². The van der Waals surface area contributed by atoms with Gasteiger partial charge in [-0.15, -0.1) is 0 Å². The smallest absolute Gasteiger partial charge is 0.0682 e. The van der Waals surface area contributed by atoms with E-state index in [0.29, 0.717) is 0 Å². The average Bonchev–Trinajstić information content (AvgIpc) is 1.72. The van der Waals surface area contributed by atoms with E-state index in [-0.39, 0.29) is 0 Å². The zero-order valence-corrected chi connectivity index (χ0v) is 3.74. The van der Waals surface area contributed by atoms with Crippen molar-refractivity contribution in [2.75, 3.05) is 13.2 Å². The molecule has 0 aromatic heterocycles. The van der Waals surface area contributed by atoms with E-state index < -0.39 is 0 Å². The van der Waals surface area contributed by atoms with Crippen LogP contribution in [0.5, 0.6) is 0 Å². The molecule has 0 saturated carbocycles. The Labute approximate surface area is 37.4 Å². The van der Waals surface area contributed by atoms with E-state index in [4.69, 9.17) is 4.84 Å². The van der Waals surface area contributed by atoms with E-state index in [1.54, 1.807) is 0 Å². The van der Waals surface area contributed by atoms with Gasteiger partial charge in [0, 0.05) is 6.54 Å². The van der Waals surface area contributed by atoms with Gasteiger partial charge in [0.15, 0.2) is 0 Å². The van der Waals surface area contributed by atoms with Crippen LogP contribution in [0.1, 0.15) is 12.8 Å². The molecular formula is C4H9NO. The quantitative estimate of drug-likeness (QED) is 0.430. The summed E-state index contributed by atoms with van der Waals surface area (Å²) in [5, 5.41) is 0. The summed E-state index contributed by atoms with van der Waals surface area (Å²) in [7, 11) is 0.